The van der Waals surface area contributed by atoms with E-state index in [1.165, 1.54) is 23.1 Å². The normalized spacial score (nSPS) is 15.8. The Kier molecular flexibility index (Phi) is 4.34. The van der Waals surface area contributed by atoms with Crippen molar-refractivity contribution in [3.63, 3.8) is 0 Å². The Labute approximate surface area is 142 Å². The summed E-state index contributed by atoms with van der Waals surface area (Å²) in [5.74, 6) is -1.48. The molecule has 1 amide bonds. The monoisotopic (exact) mass is 341 g/mol. The van der Waals surface area contributed by atoms with Crippen LogP contribution in [0.2, 0.25) is 0 Å². The van der Waals surface area contributed by atoms with E-state index in [9.17, 15) is 24.8 Å². The van der Waals surface area contributed by atoms with Crippen LogP contribution in [0.25, 0.3) is 0 Å². The highest BCUT2D eigenvalue weighted by Crippen LogP contribution is 2.37. The van der Waals surface area contributed by atoms with Crippen LogP contribution < -0.4 is 14.7 Å². The Morgan fingerprint density at radius 3 is 2.56 bits per heavy atom. The molecule has 128 valence electrons. The standard InChI is InChI=1S/C17H14N2O6/c20-16(21)9-13-10-18(17(22)11-4-2-1-3-5-11)14-8-12(19(23)24)6-7-15(14)25-13/h1-8,13H,9-10H2,(H,20,21)/p-1. The number of carbonyl (C=O) groups is 2. The second-order valence-corrected chi connectivity index (χ2v) is 5.51. The zero-order chi connectivity index (χ0) is 18.0. The van der Waals surface area contributed by atoms with Crippen LogP contribution in [0.15, 0.2) is 48.5 Å². The van der Waals surface area contributed by atoms with Crippen molar-refractivity contribution < 1.29 is 24.4 Å². The molecule has 0 N–H and O–H groups in total. The summed E-state index contributed by atoms with van der Waals surface area (Å²) in [6.07, 6.45) is -1.19. The molecule has 0 aromatic heterocycles. The molecule has 0 radical (unpaired) electrons. The van der Waals surface area contributed by atoms with Gasteiger partial charge in [0, 0.05) is 30.1 Å². The number of fused-ring (bicyclic) bond motifs is 1. The summed E-state index contributed by atoms with van der Waals surface area (Å²) in [4.78, 5) is 35.4. The second-order valence-electron chi connectivity index (χ2n) is 5.51. The third-order valence-corrected chi connectivity index (χ3v) is 3.78. The van der Waals surface area contributed by atoms with Crippen LogP contribution in [-0.4, -0.2) is 29.4 Å². The van der Waals surface area contributed by atoms with Crippen molar-refractivity contribution in [2.45, 2.75) is 12.5 Å². The fourth-order valence-corrected chi connectivity index (χ4v) is 2.67. The number of benzene rings is 2. The van der Waals surface area contributed by atoms with Crippen LogP contribution >= 0.6 is 0 Å². The Balaban J connectivity index is 2.02. The van der Waals surface area contributed by atoms with Gasteiger partial charge in [-0.2, -0.15) is 0 Å². The molecule has 1 heterocycles. The number of carbonyl (C=O) groups excluding carboxylic acids is 2. The molecule has 1 aliphatic heterocycles. The Hall–Kier alpha value is -3.42. The molecule has 0 fully saturated rings. The van der Waals surface area contributed by atoms with E-state index >= 15 is 0 Å². The zero-order valence-electron chi connectivity index (χ0n) is 13.0. The van der Waals surface area contributed by atoms with Crippen molar-refractivity contribution in [3.8, 4) is 5.75 Å². The Bertz CT molecular complexity index is 836. The van der Waals surface area contributed by atoms with E-state index in [1.807, 2.05) is 0 Å². The van der Waals surface area contributed by atoms with Crippen molar-refractivity contribution in [2.75, 3.05) is 11.4 Å². The predicted molar refractivity (Wildman–Crippen MR) is 85.3 cm³/mol. The van der Waals surface area contributed by atoms with E-state index in [0.29, 0.717) is 5.56 Å². The first-order valence-electron chi connectivity index (χ1n) is 7.47. The summed E-state index contributed by atoms with van der Waals surface area (Å²) < 4.78 is 5.56. The van der Waals surface area contributed by atoms with Gasteiger partial charge in [0.05, 0.1) is 17.2 Å². The Morgan fingerprint density at radius 2 is 1.92 bits per heavy atom. The highest BCUT2D eigenvalue weighted by Gasteiger charge is 2.31. The SMILES string of the molecule is O=C([O-])CC1CN(C(=O)c2ccccc2)c2cc([N+](=O)[O-])ccc2O1. The van der Waals surface area contributed by atoms with Gasteiger partial charge in [0.25, 0.3) is 11.6 Å². The molecule has 1 unspecified atom stereocenters. The lowest BCUT2D eigenvalue weighted by molar-refractivity contribution is -0.384. The Morgan fingerprint density at radius 1 is 1.20 bits per heavy atom. The summed E-state index contributed by atoms with van der Waals surface area (Å²) in [7, 11) is 0. The number of amides is 1. The van der Waals surface area contributed by atoms with Gasteiger partial charge in [-0.25, -0.2) is 0 Å². The number of non-ortho nitro benzene ring substituents is 1. The lowest BCUT2D eigenvalue weighted by Gasteiger charge is -2.35. The molecule has 1 atom stereocenters. The lowest BCUT2D eigenvalue weighted by Crippen LogP contribution is -2.45. The minimum absolute atomic E-state index is 0.0458. The third kappa shape index (κ3) is 3.42. The third-order valence-electron chi connectivity index (χ3n) is 3.78. The average Bonchev–Trinajstić information content (AvgIpc) is 2.60. The van der Waals surface area contributed by atoms with Crippen molar-refractivity contribution >= 4 is 23.3 Å². The largest absolute Gasteiger partial charge is 0.550 e. The quantitative estimate of drug-likeness (QED) is 0.609. The number of hydrogen-bond acceptors (Lipinski definition) is 6. The first-order chi connectivity index (χ1) is 12.0. The van der Waals surface area contributed by atoms with Crippen LogP contribution in [0, 0.1) is 10.1 Å². The number of aliphatic carboxylic acids is 1. The minimum atomic E-state index is -1.30. The van der Waals surface area contributed by atoms with E-state index in [1.54, 1.807) is 30.3 Å². The van der Waals surface area contributed by atoms with Gasteiger partial charge in [-0.3, -0.25) is 14.9 Å². The van der Waals surface area contributed by atoms with Gasteiger partial charge in [0.15, 0.2) is 0 Å². The van der Waals surface area contributed by atoms with E-state index in [4.69, 9.17) is 4.74 Å². The fraction of sp³-hybridized carbons (Fsp3) is 0.176. The molecule has 25 heavy (non-hydrogen) atoms. The molecule has 8 heteroatoms. The highest BCUT2D eigenvalue weighted by atomic mass is 16.6. The summed E-state index contributed by atoms with van der Waals surface area (Å²) >= 11 is 0. The molecule has 1 aliphatic rings. The van der Waals surface area contributed by atoms with Crippen molar-refractivity contribution in [3.05, 3.63) is 64.2 Å². The molecule has 0 saturated carbocycles. The number of nitro benzene ring substituents is 1. The molecular formula is C17H13N2O6-. The van der Waals surface area contributed by atoms with E-state index < -0.39 is 29.3 Å². The van der Waals surface area contributed by atoms with Crippen LogP contribution in [0.1, 0.15) is 16.8 Å². The van der Waals surface area contributed by atoms with Crippen LogP contribution in [0.4, 0.5) is 11.4 Å². The van der Waals surface area contributed by atoms with Crippen LogP contribution in [0.3, 0.4) is 0 Å². The topological polar surface area (TPSA) is 113 Å². The smallest absolute Gasteiger partial charge is 0.271 e. The number of carboxylic acids is 1. The number of nitro groups is 1. The van der Waals surface area contributed by atoms with Crippen LogP contribution in [0.5, 0.6) is 5.75 Å². The maximum atomic E-state index is 12.8. The fourth-order valence-electron chi connectivity index (χ4n) is 2.67. The maximum Gasteiger partial charge on any atom is 0.271 e. The highest BCUT2D eigenvalue weighted by molar-refractivity contribution is 6.07. The molecule has 0 aliphatic carbocycles. The van der Waals surface area contributed by atoms with Gasteiger partial charge in [0.2, 0.25) is 0 Å². The number of ether oxygens (including phenoxy) is 1. The van der Waals surface area contributed by atoms with E-state index in [2.05, 4.69) is 0 Å². The predicted octanol–water partition coefficient (Wildman–Crippen LogP) is 1.14. The van der Waals surface area contributed by atoms with Crippen molar-refractivity contribution in [1.29, 1.82) is 0 Å². The molecule has 0 saturated heterocycles. The van der Waals surface area contributed by atoms with Gasteiger partial charge in [-0.15, -0.1) is 0 Å². The zero-order valence-corrected chi connectivity index (χ0v) is 13.0. The first kappa shape index (κ1) is 16.4. The molecule has 3 rings (SSSR count). The number of nitrogens with zero attached hydrogens (tertiary/aromatic N) is 2. The van der Waals surface area contributed by atoms with Gasteiger partial charge < -0.3 is 19.5 Å². The van der Waals surface area contributed by atoms with E-state index in [0.717, 1.165) is 0 Å². The van der Waals surface area contributed by atoms with Gasteiger partial charge >= 0.3 is 0 Å². The van der Waals surface area contributed by atoms with E-state index in [-0.39, 0.29) is 23.7 Å². The molecule has 2 aromatic carbocycles. The average molecular weight is 341 g/mol. The summed E-state index contributed by atoms with van der Waals surface area (Å²) in [5.41, 5.74) is 0.429. The molecular weight excluding hydrogens is 328 g/mol. The van der Waals surface area contributed by atoms with Gasteiger partial charge in [-0.1, -0.05) is 18.2 Å². The van der Waals surface area contributed by atoms with Gasteiger partial charge in [0.1, 0.15) is 11.9 Å². The molecule has 8 nitrogen and oxygen atoms in total. The number of hydrogen-bond donors (Lipinski definition) is 0. The summed E-state index contributed by atoms with van der Waals surface area (Å²) in [5, 5.41) is 21.9. The summed E-state index contributed by atoms with van der Waals surface area (Å²) in [6.45, 7) is -0.0458. The number of anilines is 1. The molecule has 0 bridgehead atoms. The lowest BCUT2D eigenvalue weighted by atomic mass is 10.1. The molecule has 0 spiro atoms. The minimum Gasteiger partial charge on any atom is -0.550 e. The maximum absolute atomic E-state index is 12.8. The van der Waals surface area contributed by atoms with Crippen molar-refractivity contribution in [1.82, 2.24) is 0 Å². The summed E-state index contributed by atoms with van der Waals surface area (Å²) in [6, 6.07) is 12.2. The van der Waals surface area contributed by atoms with Gasteiger partial charge in [-0.05, 0) is 18.2 Å². The molecule has 2 aromatic rings. The number of carboxylic acid groups (broad SMARTS) is 1. The van der Waals surface area contributed by atoms with Crippen LogP contribution in [-0.2, 0) is 4.79 Å². The first-order valence-corrected chi connectivity index (χ1v) is 7.47. The van der Waals surface area contributed by atoms with Crippen molar-refractivity contribution in [2.24, 2.45) is 0 Å². The number of rotatable bonds is 4. The second kappa shape index (κ2) is 6.60.